The van der Waals surface area contributed by atoms with E-state index in [-0.39, 0.29) is 5.78 Å². The Kier molecular flexibility index (Phi) is 5.49. The van der Waals surface area contributed by atoms with Crippen molar-refractivity contribution >= 4 is 36.4 Å². The second-order valence-corrected chi connectivity index (χ2v) is 5.61. The Balaban J connectivity index is 2.37. The highest BCUT2D eigenvalue weighted by Gasteiger charge is 2.07. The van der Waals surface area contributed by atoms with Gasteiger partial charge in [-0.1, -0.05) is 24.3 Å². The molecule has 2 aromatic rings. The SMILES string of the molecule is C=Nc1ccc(-c2cccc(C(C)=O)c2)cc1SCNC=O. The molecule has 0 radical (unpaired) electrons. The lowest BCUT2D eigenvalue weighted by Crippen LogP contribution is -2.08. The Morgan fingerprint density at radius 3 is 2.73 bits per heavy atom. The van der Waals surface area contributed by atoms with Gasteiger partial charge in [-0.25, -0.2) is 0 Å². The third-order valence-electron chi connectivity index (χ3n) is 3.13. The van der Waals surface area contributed by atoms with Crippen molar-refractivity contribution in [3.63, 3.8) is 0 Å². The van der Waals surface area contributed by atoms with Crippen molar-refractivity contribution in [3.05, 3.63) is 48.0 Å². The molecule has 0 heterocycles. The number of rotatable bonds is 7. The Hall–Kier alpha value is -2.40. The van der Waals surface area contributed by atoms with Crippen LogP contribution in [0.5, 0.6) is 0 Å². The first-order chi connectivity index (χ1) is 10.7. The number of aliphatic imine (C=N–C) groups is 1. The van der Waals surface area contributed by atoms with Crippen molar-refractivity contribution < 1.29 is 9.59 Å². The van der Waals surface area contributed by atoms with Gasteiger partial charge in [0, 0.05) is 10.5 Å². The van der Waals surface area contributed by atoms with Gasteiger partial charge in [-0.2, -0.15) is 0 Å². The van der Waals surface area contributed by atoms with Crippen molar-refractivity contribution in [1.82, 2.24) is 5.32 Å². The topological polar surface area (TPSA) is 58.5 Å². The van der Waals surface area contributed by atoms with Gasteiger partial charge >= 0.3 is 0 Å². The Morgan fingerprint density at radius 2 is 2.05 bits per heavy atom. The van der Waals surface area contributed by atoms with Gasteiger partial charge in [0.15, 0.2) is 5.78 Å². The first kappa shape index (κ1) is 16.0. The predicted octanol–water partition coefficient (Wildman–Crippen LogP) is 3.68. The highest BCUT2D eigenvalue weighted by atomic mass is 32.2. The molecule has 0 fully saturated rings. The Labute approximate surface area is 133 Å². The van der Waals surface area contributed by atoms with Gasteiger partial charge in [0.2, 0.25) is 6.41 Å². The van der Waals surface area contributed by atoms with E-state index in [1.807, 2.05) is 36.4 Å². The zero-order valence-electron chi connectivity index (χ0n) is 12.2. The van der Waals surface area contributed by atoms with E-state index >= 15 is 0 Å². The lowest BCUT2D eigenvalue weighted by Gasteiger charge is -2.09. The summed E-state index contributed by atoms with van der Waals surface area (Å²) in [4.78, 5) is 26.8. The van der Waals surface area contributed by atoms with Crippen LogP contribution in [0.15, 0.2) is 52.4 Å². The number of nitrogens with zero attached hydrogens (tertiary/aromatic N) is 1. The largest absolute Gasteiger partial charge is 0.349 e. The van der Waals surface area contributed by atoms with Crippen LogP contribution in [0.2, 0.25) is 0 Å². The monoisotopic (exact) mass is 312 g/mol. The van der Waals surface area contributed by atoms with Crippen LogP contribution in [0.4, 0.5) is 5.69 Å². The maximum atomic E-state index is 11.5. The van der Waals surface area contributed by atoms with Crippen molar-refractivity contribution in [2.75, 3.05) is 5.88 Å². The van der Waals surface area contributed by atoms with Crippen LogP contribution in [-0.2, 0) is 4.79 Å². The van der Waals surface area contributed by atoms with Gasteiger partial charge in [-0.15, -0.1) is 11.8 Å². The molecule has 2 rings (SSSR count). The van der Waals surface area contributed by atoms with Crippen LogP contribution in [0.25, 0.3) is 11.1 Å². The molecule has 4 nitrogen and oxygen atoms in total. The number of amides is 1. The molecule has 0 spiro atoms. The Bertz CT molecular complexity index is 714. The Morgan fingerprint density at radius 1 is 1.27 bits per heavy atom. The average molecular weight is 312 g/mol. The third kappa shape index (κ3) is 3.83. The van der Waals surface area contributed by atoms with Gasteiger partial charge < -0.3 is 5.32 Å². The maximum Gasteiger partial charge on any atom is 0.207 e. The zero-order valence-corrected chi connectivity index (χ0v) is 13.0. The summed E-state index contributed by atoms with van der Waals surface area (Å²) in [5.41, 5.74) is 3.40. The van der Waals surface area contributed by atoms with E-state index in [2.05, 4.69) is 17.0 Å². The molecule has 1 amide bonds. The minimum atomic E-state index is 0.0380. The fraction of sp³-hybridized carbons (Fsp3) is 0.118. The summed E-state index contributed by atoms with van der Waals surface area (Å²) in [5, 5.41) is 2.61. The third-order valence-corrected chi connectivity index (χ3v) is 4.08. The standard InChI is InChI=1S/C17H16N2O2S/c1-12(21)13-4-3-5-14(8-13)15-6-7-16(18-2)17(9-15)22-11-19-10-20/h3-10H,2,11H2,1H3,(H,19,20). The van der Waals surface area contributed by atoms with Gasteiger partial charge in [0.25, 0.3) is 0 Å². The highest BCUT2D eigenvalue weighted by Crippen LogP contribution is 2.33. The minimum Gasteiger partial charge on any atom is -0.349 e. The number of carbonyl (C=O) groups is 2. The second kappa shape index (κ2) is 7.56. The average Bonchev–Trinajstić information content (AvgIpc) is 2.55. The first-order valence-corrected chi connectivity index (χ1v) is 7.66. The van der Waals surface area contributed by atoms with E-state index in [0.717, 1.165) is 21.7 Å². The van der Waals surface area contributed by atoms with Crippen LogP contribution in [0.3, 0.4) is 0 Å². The lowest BCUT2D eigenvalue weighted by atomic mass is 10.0. The van der Waals surface area contributed by atoms with Crippen LogP contribution in [0, 0.1) is 0 Å². The van der Waals surface area contributed by atoms with Crippen LogP contribution in [-0.4, -0.2) is 24.8 Å². The number of benzene rings is 2. The van der Waals surface area contributed by atoms with Crippen molar-refractivity contribution in [3.8, 4) is 11.1 Å². The predicted molar refractivity (Wildman–Crippen MR) is 91.0 cm³/mol. The summed E-state index contributed by atoms with van der Waals surface area (Å²) in [6.07, 6.45) is 0.661. The molecule has 0 atom stereocenters. The molecule has 2 aromatic carbocycles. The molecule has 0 aromatic heterocycles. The van der Waals surface area contributed by atoms with Crippen molar-refractivity contribution in [2.24, 2.45) is 4.99 Å². The zero-order chi connectivity index (χ0) is 15.9. The van der Waals surface area contributed by atoms with Crippen molar-refractivity contribution in [2.45, 2.75) is 11.8 Å². The summed E-state index contributed by atoms with van der Waals surface area (Å²) in [6.45, 7) is 5.11. The molecule has 0 aliphatic rings. The summed E-state index contributed by atoms with van der Waals surface area (Å²) in [7, 11) is 0. The molecule has 0 unspecified atom stereocenters. The molecular formula is C17H16N2O2S. The molecule has 112 valence electrons. The van der Waals surface area contributed by atoms with E-state index in [4.69, 9.17) is 0 Å². The molecule has 0 aliphatic carbocycles. The van der Waals surface area contributed by atoms with Gasteiger partial charge in [0.05, 0.1) is 11.6 Å². The van der Waals surface area contributed by atoms with Crippen LogP contribution in [0.1, 0.15) is 17.3 Å². The molecule has 0 saturated carbocycles. The van der Waals surface area contributed by atoms with Gasteiger partial charge in [-0.05, 0) is 43.0 Å². The molecular weight excluding hydrogens is 296 g/mol. The van der Waals surface area contributed by atoms with E-state index < -0.39 is 0 Å². The van der Waals surface area contributed by atoms with E-state index in [9.17, 15) is 9.59 Å². The van der Waals surface area contributed by atoms with Crippen LogP contribution >= 0.6 is 11.8 Å². The molecule has 0 bridgehead atoms. The fourth-order valence-corrected chi connectivity index (χ4v) is 2.81. The first-order valence-electron chi connectivity index (χ1n) is 6.67. The van der Waals surface area contributed by atoms with E-state index in [0.29, 0.717) is 17.9 Å². The summed E-state index contributed by atoms with van der Waals surface area (Å²) in [6, 6.07) is 13.3. The van der Waals surface area contributed by atoms with Gasteiger partial charge in [0.1, 0.15) is 0 Å². The van der Waals surface area contributed by atoms with Crippen molar-refractivity contribution in [1.29, 1.82) is 0 Å². The number of thioether (sulfide) groups is 1. The second-order valence-electron chi connectivity index (χ2n) is 4.59. The molecule has 5 heteroatoms. The highest BCUT2D eigenvalue weighted by molar-refractivity contribution is 7.99. The van der Waals surface area contributed by atoms with E-state index in [1.165, 1.54) is 11.8 Å². The summed E-state index contributed by atoms with van der Waals surface area (Å²) < 4.78 is 0. The van der Waals surface area contributed by atoms with Gasteiger partial charge in [-0.3, -0.25) is 14.6 Å². The summed E-state index contributed by atoms with van der Waals surface area (Å²) >= 11 is 1.47. The maximum absolute atomic E-state index is 11.5. The quantitative estimate of drug-likeness (QED) is 0.212. The van der Waals surface area contributed by atoms with E-state index in [1.54, 1.807) is 13.0 Å². The van der Waals surface area contributed by atoms with Crippen LogP contribution < -0.4 is 5.32 Å². The number of Topliss-reactive ketones (excluding diaryl/α,β-unsaturated/α-hetero) is 1. The number of nitrogens with one attached hydrogen (secondary N) is 1. The number of ketones is 1. The molecule has 0 saturated heterocycles. The molecule has 1 N–H and O–H groups in total. The number of hydrogen-bond acceptors (Lipinski definition) is 4. The summed E-state index contributed by atoms with van der Waals surface area (Å²) in [5.74, 6) is 0.499. The minimum absolute atomic E-state index is 0.0380. The molecule has 22 heavy (non-hydrogen) atoms. The lowest BCUT2D eigenvalue weighted by molar-refractivity contribution is -0.109. The number of hydrogen-bond donors (Lipinski definition) is 1. The number of carbonyl (C=O) groups excluding carboxylic acids is 2. The smallest absolute Gasteiger partial charge is 0.207 e. The normalized spacial score (nSPS) is 10.0. The fourth-order valence-electron chi connectivity index (χ4n) is 2.01. The molecule has 0 aliphatic heterocycles.